The second-order valence-corrected chi connectivity index (χ2v) is 8.53. The largest absolute Gasteiger partial charge is 0.494 e. The smallest absolute Gasteiger partial charge is 0.243 e. The van der Waals surface area contributed by atoms with Crippen molar-refractivity contribution in [2.45, 2.75) is 31.9 Å². The molecule has 2 heterocycles. The van der Waals surface area contributed by atoms with Crippen molar-refractivity contribution < 1.29 is 18.7 Å². The Kier molecular flexibility index (Phi) is 9.11. The Hall–Kier alpha value is -2.39. The average molecular weight is 450 g/mol. The van der Waals surface area contributed by atoms with E-state index < -0.39 is 0 Å². The van der Waals surface area contributed by atoms with Gasteiger partial charge in [0.1, 0.15) is 6.54 Å². The molecule has 2 aliphatic heterocycles. The van der Waals surface area contributed by atoms with Gasteiger partial charge in [0, 0.05) is 60.0 Å². The van der Waals surface area contributed by atoms with Crippen molar-refractivity contribution in [2.75, 3.05) is 67.1 Å². The zero-order valence-electron chi connectivity index (χ0n) is 19.5. The second-order valence-electron chi connectivity index (χ2n) is 8.53. The van der Waals surface area contributed by atoms with Crippen LogP contribution in [0.2, 0.25) is 0 Å². The third kappa shape index (κ3) is 7.06. The summed E-state index contributed by atoms with van der Waals surface area (Å²) in [6.07, 6.45) is 3.53. The van der Waals surface area contributed by atoms with Crippen molar-refractivity contribution in [3.05, 3.63) is 29.6 Å². The van der Waals surface area contributed by atoms with Gasteiger partial charge in [-0.1, -0.05) is 6.07 Å². The fourth-order valence-electron chi connectivity index (χ4n) is 3.91. The van der Waals surface area contributed by atoms with Gasteiger partial charge in [-0.25, -0.2) is 9.38 Å². The molecule has 1 amide bonds. The normalized spacial score (nSPS) is 20.2. The lowest BCUT2D eigenvalue weighted by Gasteiger charge is -2.37. The van der Waals surface area contributed by atoms with Gasteiger partial charge in [-0.15, -0.1) is 0 Å². The van der Waals surface area contributed by atoms with Crippen LogP contribution in [0.5, 0.6) is 5.75 Å². The number of methoxy groups -OCH3 is 1. The number of hydrogen-bond donors (Lipinski definition) is 1. The first-order chi connectivity index (χ1) is 15.5. The fraction of sp³-hybridized carbons (Fsp3) is 0.652. The summed E-state index contributed by atoms with van der Waals surface area (Å²) in [5.41, 5.74) is 0.926. The van der Waals surface area contributed by atoms with E-state index in [9.17, 15) is 9.18 Å². The molecule has 1 N–H and O–H groups in total. The number of ether oxygens (including phenoxy) is 2. The van der Waals surface area contributed by atoms with Gasteiger partial charge in [-0.3, -0.25) is 9.69 Å². The fourth-order valence-corrected chi connectivity index (χ4v) is 3.91. The van der Waals surface area contributed by atoms with E-state index in [4.69, 9.17) is 9.47 Å². The van der Waals surface area contributed by atoms with Crippen LogP contribution in [0, 0.1) is 5.82 Å². The van der Waals surface area contributed by atoms with E-state index in [1.807, 2.05) is 6.07 Å². The lowest BCUT2D eigenvalue weighted by molar-refractivity contribution is -0.127. The third-order valence-electron chi connectivity index (χ3n) is 5.92. The average Bonchev–Trinajstić information content (AvgIpc) is 2.80. The Morgan fingerprint density at radius 1 is 1.28 bits per heavy atom. The van der Waals surface area contributed by atoms with Crippen LogP contribution in [-0.2, 0) is 16.1 Å². The van der Waals surface area contributed by atoms with E-state index in [0.29, 0.717) is 13.1 Å². The highest BCUT2D eigenvalue weighted by Crippen LogP contribution is 2.19. The number of aliphatic imine (C=N–C) groups is 1. The molecule has 2 saturated heterocycles. The highest BCUT2D eigenvalue weighted by atomic mass is 19.1. The van der Waals surface area contributed by atoms with Crippen molar-refractivity contribution in [3.63, 3.8) is 0 Å². The monoisotopic (exact) mass is 449 g/mol. The number of nitrogens with zero attached hydrogens (tertiary/aromatic N) is 4. The van der Waals surface area contributed by atoms with E-state index in [1.165, 1.54) is 19.6 Å². The Bertz CT molecular complexity index is 775. The number of nitrogens with one attached hydrogen (secondary N) is 1. The van der Waals surface area contributed by atoms with E-state index in [0.717, 1.165) is 57.2 Å². The van der Waals surface area contributed by atoms with Crippen LogP contribution in [-0.4, -0.2) is 99.8 Å². The van der Waals surface area contributed by atoms with Crippen molar-refractivity contribution >= 4 is 11.9 Å². The summed E-state index contributed by atoms with van der Waals surface area (Å²) in [6.45, 7) is 5.53. The predicted octanol–water partition coefficient (Wildman–Crippen LogP) is 1.55. The summed E-state index contributed by atoms with van der Waals surface area (Å²) in [7, 11) is 4.94. The molecule has 2 aliphatic rings. The molecule has 32 heavy (non-hydrogen) atoms. The molecular formula is C23H36FN5O3. The molecule has 3 rings (SSSR count). The van der Waals surface area contributed by atoms with Gasteiger partial charge < -0.3 is 24.6 Å². The van der Waals surface area contributed by atoms with Crippen LogP contribution in [0.4, 0.5) is 4.39 Å². The van der Waals surface area contributed by atoms with E-state index in [-0.39, 0.29) is 30.1 Å². The lowest BCUT2D eigenvalue weighted by atomic mass is 10.1. The zero-order chi connectivity index (χ0) is 22.9. The number of benzene rings is 1. The summed E-state index contributed by atoms with van der Waals surface area (Å²) in [4.78, 5) is 22.7. The van der Waals surface area contributed by atoms with Crippen molar-refractivity contribution in [3.8, 4) is 5.75 Å². The minimum atomic E-state index is -0.335. The quantitative estimate of drug-likeness (QED) is 0.503. The third-order valence-corrected chi connectivity index (χ3v) is 5.92. The first kappa shape index (κ1) is 24.3. The molecule has 1 unspecified atom stereocenters. The Morgan fingerprint density at radius 2 is 2.06 bits per heavy atom. The highest BCUT2D eigenvalue weighted by molar-refractivity contribution is 5.85. The van der Waals surface area contributed by atoms with Gasteiger partial charge in [0.25, 0.3) is 0 Å². The molecule has 0 spiro atoms. The maximum Gasteiger partial charge on any atom is 0.243 e. The van der Waals surface area contributed by atoms with Gasteiger partial charge in [0.05, 0.1) is 13.2 Å². The maximum atomic E-state index is 14.0. The van der Waals surface area contributed by atoms with Gasteiger partial charge in [0.15, 0.2) is 17.5 Å². The van der Waals surface area contributed by atoms with Crippen molar-refractivity contribution in [1.82, 2.24) is 20.0 Å². The molecule has 1 aromatic rings. The molecule has 1 atom stereocenters. The Morgan fingerprint density at radius 3 is 2.69 bits per heavy atom. The molecule has 2 fully saturated rings. The summed E-state index contributed by atoms with van der Waals surface area (Å²) < 4.78 is 24.8. The number of likely N-dealkylation sites (N-methyl/N-ethyl adjacent to an activating group) is 1. The SMILES string of the molecule is COc1ccc(CN2CCN(C(=NCC(=O)N(C)C)NCC3CCCCO3)CC2)cc1F. The number of guanidine groups is 1. The van der Waals surface area contributed by atoms with E-state index >= 15 is 0 Å². The number of amides is 1. The van der Waals surface area contributed by atoms with Crippen LogP contribution in [0.1, 0.15) is 24.8 Å². The first-order valence-electron chi connectivity index (χ1n) is 11.4. The van der Waals surface area contributed by atoms with Crippen LogP contribution in [0.3, 0.4) is 0 Å². The molecule has 8 nitrogen and oxygen atoms in total. The van der Waals surface area contributed by atoms with E-state index in [2.05, 4.69) is 20.1 Å². The van der Waals surface area contributed by atoms with Gasteiger partial charge >= 0.3 is 0 Å². The molecule has 0 bridgehead atoms. The molecule has 0 aromatic heterocycles. The number of carbonyl (C=O) groups excluding carboxylic acids is 1. The summed E-state index contributed by atoms with van der Waals surface area (Å²) in [5.74, 6) is 0.653. The summed E-state index contributed by atoms with van der Waals surface area (Å²) in [5, 5.41) is 3.44. The Labute approximate surface area is 190 Å². The van der Waals surface area contributed by atoms with Gasteiger partial charge in [-0.2, -0.15) is 0 Å². The van der Waals surface area contributed by atoms with Crippen LogP contribution < -0.4 is 10.1 Å². The highest BCUT2D eigenvalue weighted by Gasteiger charge is 2.22. The van der Waals surface area contributed by atoms with Crippen LogP contribution >= 0.6 is 0 Å². The van der Waals surface area contributed by atoms with E-state index in [1.54, 1.807) is 25.1 Å². The minimum absolute atomic E-state index is 0.0293. The maximum absolute atomic E-state index is 14.0. The molecule has 0 saturated carbocycles. The molecule has 1 aromatic carbocycles. The topological polar surface area (TPSA) is 69.6 Å². The van der Waals surface area contributed by atoms with Crippen LogP contribution in [0.15, 0.2) is 23.2 Å². The number of halogens is 1. The number of hydrogen-bond acceptors (Lipinski definition) is 5. The number of piperazine rings is 1. The second kappa shape index (κ2) is 12.0. The molecule has 0 aliphatic carbocycles. The lowest BCUT2D eigenvalue weighted by Crippen LogP contribution is -2.53. The number of rotatable bonds is 7. The summed E-state index contributed by atoms with van der Waals surface area (Å²) >= 11 is 0. The van der Waals surface area contributed by atoms with Gasteiger partial charge in [-0.05, 0) is 37.0 Å². The molecular weight excluding hydrogens is 413 g/mol. The molecule has 178 valence electrons. The minimum Gasteiger partial charge on any atom is -0.494 e. The Balaban J connectivity index is 1.56. The number of carbonyl (C=O) groups is 1. The molecule has 9 heteroatoms. The van der Waals surface area contributed by atoms with Crippen LogP contribution in [0.25, 0.3) is 0 Å². The van der Waals surface area contributed by atoms with Crippen molar-refractivity contribution in [2.24, 2.45) is 4.99 Å². The predicted molar refractivity (Wildman–Crippen MR) is 122 cm³/mol. The standard InChI is InChI=1S/C23H36FN5O3/c1-27(2)22(30)16-26-23(25-15-19-6-4-5-13-32-19)29-11-9-28(10-12-29)17-18-7-8-21(31-3)20(24)14-18/h7-8,14,19H,4-6,9-13,15-17H2,1-3H3,(H,25,26). The van der Waals surface area contributed by atoms with Crippen molar-refractivity contribution in [1.29, 1.82) is 0 Å². The zero-order valence-corrected chi connectivity index (χ0v) is 19.5. The summed E-state index contributed by atoms with van der Waals surface area (Å²) in [6, 6.07) is 5.11. The molecule has 0 radical (unpaired) electrons. The first-order valence-corrected chi connectivity index (χ1v) is 11.4. The van der Waals surface area contributed by atoms with Gasteiger partial charge in [0.2, 0.25) is 5.91 Å².